The number of carbonyl (C=O) groups excluding carboxylic acids is 1. The van der Waals surface area contributed by atoms with Gasteiger partial charge in [0.2, 0.25) is 5.91 Å². The summed E-state index contributed by atoms with van der Waals surface area (Å²) < 4.78 is 11.0. The van der Waals surface area contributed by atoms with Gasteiger partial charge < -0.3 is 20.1 Å². The fraction of sp³-hybridized carbons (Fsp3) is 0.632. The van der Waals surface area contributed by atoms with E-state index in [9.17, 15) is 4.79 Å². The highest BCUT2D eigenvalue weighted by molar-refractivity contribution is 5.82. The van der Waals surface area contributed by atoms with Crippen LogP contribution in [0.3, 0.4) is 0 Å². The van der Waals surface area contributed by atoms with Gasteiger partial charge in [-0.2, -0.15) is 0 Å². The molecule has 5 nitrogen and oxygen atoms in total. The molecule has 0 bridgehead atoms. The molecule has 132 valence electrons. The van der Waals surface area contributed by atoms with Gasteiger partial charge in [0.15, 0.2) is 0 Å². The largest absolute Gasteiger partial charge is 0.497 e. The van der Waals surface area contributed by atoms with E-state index in [1.54, 1.807) is 7.11 Å². The number of hydrogen-bond acceptors (Lipinski definition) is 4. The van der Waals surface area contributed by atoms with Crippen molar-refractivity contribution in [3.05, 3.63) is 29.8 Å². The molecule has 1 saturated carbocycles. The molecule has 2 N–H and O–H groups in total. The lowest BCUT2D eigenvalue weighted by molar-refractivity contribution is -0.129. The highest BCUT2D eigenvalue weighted by Crippen LogP contribution is 2.41. The number of benzene rings is 1. The predicted octanol–water partition coefficient (Wildman–Crippen LogP) is 2.00. The van der Waals surface area contributed by atoms with Crippen LogP contribution >= 0.6 is 0 Å². The molecule has 1 heterocycles. The maximum Gasteiger partial charge on any atom is 0.239 e. The normalized spacial score (nSPS) is 26.1. The van der Waals surface area contributed by atoms with Gasteiger partial charge in [-0.1, -0.05) is 25.0 Å². The van der Waals surface area contributed by atoms with E-state index in [0.717, 1.165) is 25.1 Å². The first-order valence-electron chi connectivity index (χ1n) is 8.92. The third-order valence-corrected chi connectivity index (χ3v) is 5.44. The van der Waals surface area contributed by atoms with Crippen molar-refractivity contribution in [3.8, 4) is 5.75 Å². The molecule has 1 aliphatic heterocycles. The lowest BCUT2D eigenvalue weighted by Gasteiger charge is -2.33. The number of ether oxygens (including phenoxy) is 2. The minimum atomic E-state index is -0.262. The fourth-order valence-corrected chi connectivity index (χ4v) is 3.97. The van der Waals surface area contributed by atoms with Crippen molar-refractivity contribution in [2.24, 2.45) is 0 Å². The Morgan fingerprint density at radius 2 is 2.21 bits per heavy atom. The van der Waals surface area contributed by atoms with Crippen LogP contribution in [0.4, 0.5) is 0 Å². The molecule has 1 aromatic carbocycles. The Morgan fingerprint density at radius 1 is 1.42 bits per heavy atom. The quantitative estimate of drug-likeness (QED) is 0.866. The molecule has 2 aliphatic rings. The van der Waals surface area contributed by atoms with Crippen LogP contribution in [0, 0.1) is 0 Å². The second-order valence-corrected chi connectivity index (χ2v) is 6.94. The minimum absolute atomic E-state index is 0.0168. The Kier molecular flexibility index (Phi) is 5.41. The van der Waals surface area contributed by atoms with Crippen LogP contribution in [0.15, 0.2) is 24.3 Å². The summed E-state index contributed by atoms with van der Waals surface area (Å²) in [4.78, 5) is 12.6. The number of methoxy groups -OCH3 is 1. The van der Waals surface area contributed by atoms with Gasteiger partial charge in [-0.3, -0.25) is 4.79 Å². The summed E-state index contributed by atoms with van der Waals surface area (Å²) in [5.74, 6) is 0.914. The van der Waals surface area contributed by atoms with Gasteiger partial charge >= 0.3 is 0 Å². The van der Waals surface area contributed by atoms with Crippen molar-refractivity contribution in [1.82, 2.24) is 10.6 Å². The molecule has 1 amide bonds. The van der Waals surface area contributed by atoms with Gasteiger partial charge in [-0.25, -0.2) is 0 Å². The molecule has 1 aliphatic carbocycles. The molecular weight excluding hydrogens is 304 g/mol. The zero-order chi connectivity index (χ0) is 17.0. The van der Waals surface area contributed by atoms with Gasteiger partial charge in [-0.15, -0.1) is 0 Å². The summed E-state index contributed by atoms with van der Waals surface area (Å²) in [5, 5.41) is 6.44. The van der Waals surface area contributed by atoms with E-state index in [1.807, 2.05) is 19.1 Å². The molecule has 5 heteroatoms. The molecule has 0 unspecified atom stereocenters. The first-order chi connectivity index (χ1) is 11.6. The molecule has 0 radical (unpaired) electrons. The molecule has 0 aromatic heterocycles. The fourth-order valence-electron chi connectivity index (χ4n) is 3.97. The van der Waals surface area contributed by atoms with E-state index < -0.39 is 0 Å². The second kappa shape index (κ2) is 7.53. The molecule has 1 aromatic rings. The van der Waals surface area contributed by atoms with Gasteiger partial charge in [0.05, 0.1) is 19.8 Å². The topological polar surface area (TPSA) is 59.6 Å². The summed E-state index contributed by atoms with van der Waals surface area (Å²) in [5.41, 5.74) is 1.28. The molecule has 2 fully saturated rings. The first kappa shape index (κ1) is 17.2. The molecule has 0 spiro atoms. The molecule has 1 saturated heterocycles. The Hall–Kier alpha value is -1.59. The van der Waals surface area contributed by atoms with Crippen molar-refractivity contribution < 1.29 is 14.3 Å². The van der Waals surface area contributed by atoms with Crippen molar-refractivity contribution in [2.45, 2.75) is 50.2 Å². The van der Waals surface area contributed by atoms with E-state index in [2.05, 4.69) is 22.8 Å². The average Bonchev–Trinajstić information content (AvgIpc) is 3.10. The number of nitrogens with one attached hydrogen (secondary N) is 2. The van der Waals surface area contributed by atoms with Crippen LogP contribution in [-0.4, -0.2) is 44.9 Å². The summed E-state index contributed by atoms with van der Waals surface area (Å²) in [6.07, 6.45) is 4.52. The summed E-state index contributed by atoms with van der Waals surface area (Å²) in [7, 11) is 1.69. The molecule has 3 rings (SSSR count). The number of carbonyl (C=O) groups is 1. The maximum atomic E-state index is 12.6. The summed E-state index contributed by atoms with van der Waals surface area (Å²) >= 11 is 0. The van der Waals surface area contributed by atoms with Gasteiger partial charge in [0.25, 0.3) is 0 Å². The number of rotatable bonds is 5. The Morgan fingerprint density at radius 3 is 2.92 bits per heavy atom. The minimum Gasteiger partial charge on any atom is -0.497 e. The van der Waals surface area contributed by atoms with Crippen LogP contribution in [0.25, 0.3) is 0 Å². The lowest BCUT2D eigenvalue weighted by Crippen LogP contribution is -2.56. The van der Waals surface area contributed by atoms with Crippen LogP contribution in [0.1, 0.15) is 38.2 Å². The van der Waals surface area contributed by atoms with Crippen LogP contribution < -0.4 is 15.4 Å². The van der Waals surface area contributed by atoms with Crippen LogP contribution in [-0.2, 0) is 14.9 Å². The second-order valence-electron chi connectivity index (χ2n) is 6.94. The number of amides is 1. The van der Waals surface area contributed by atoms with Crippen molar-refractivity contribution >= 4 is 5.91 Å². The zero-order valence-corrected chi connectivity index (χ0v) is 14.6. The molecule has 24 heavy (non-hydrogen) atoms. The van der Waals surface area contributed by atoms with E-state index in [-0.39, 0.29) is 23.5 Å². The lowest BCUT2D eigenvalue weighted by atomic mass is 9.78. The maximum absolute atomic E-state index is 12.6. The van der Waals surface area contributed by atoms with Crippen molar-refractivity contribution in [1.29, 1.82) is 0 Å². The van der Waals surface area contributed by atoms with Crippen LogP contribution in [0.5, 0.6) is 5.75 Å². The van der Waals surface area contributed by atoms with E-state index in [1.165, 1.54) is 18.4 Å². The van der Waals surface area contributed by atoms with E-state index in [0.29, 0.717) is 13.2 Å². The Labute approximate surface area is 144 Å². The van der Waals surface area contributed by atoms with Gasteiger partial charge in [0, 0.05) is 18.5 Å². The van der Waals surface area contributed by atoms with Crippen LogP contribution in [0.2, 0.25) is 0 Å². The smallest absolute Gasteiger partial charge is 0.239 e. The Bertz CT molecular complexity index is 569. The number of morpholine rings is 1. The van der Waals surface area contributed by atoms with Crippen molar-refractivity contribution in [2.75, 3.05) is 26.8 Å². The SMILES string of the molecule is COc1cccc(C2(CNC(=O)[C@H]3NCCO[C@@H]3C)CCCC2)c1. The monoisotopic (exact) mass is 332 g/mol. The average molecular weight is 332 g/mol. The Balaban J connectivity index is 1.70. The number of hydrogen-bond donors (Lipinski definition) is 2. The molecule has 2 atom stereocenters. The van der Waals surface area contributed by atoms with E-state index >= 15 is 0 Å². The first-order valence-corrected chi connectivity index (χ1v) is 8.92. The van der Waals surface area contributed by atoms with Gasteiger partial charge in [-0.05, 0) is 37.5 Å². The predicted molar refractivity (Wildman–Crippen MR) is 93.4 cm³/mol. The highest BCUT2D eigenvalue weighted by Gasteiger charge is 2.37. The van der Waals surface area contributed by atoms with Crippen molar-refractivity contribution in [3.63, 3.8) is 0 Å². The summed E-state index contributed by atoms with van der Waals surface area (Å²) in [6, 6.07) is 8.01. The molecular formula is C19H28N2O3. The van der Waals surface area contributed by atoms with Gasteiger partial charge in [0.1, 0.15) is 11.8 Å². The zero-order valence-electron chi connectivity index (χ0n) is 14.6. The third kappa shape index (κ3) is 3.57. The van der Waals surface area contributed by atoms with E-state index in [4.69, 9.17) is 9.47 Å². The standard InChI is InChI=1S/C19H28N2O3/c1-14-17(20-10-11-24-14)18(22)21-13-19(8-3-4-9-19)15-6-5-7-16(12-15)23-2/h5-7,12,14,17,20H,3-4,8-11,13H2,1-2H3,(H,21,22)/t14-,17+/m1/s1. The summed E-state index contributed by atoms with van der Waals surface area (Å²) in [6.45, 7) is 4.01. The highest BCUT2D eigenvalue weighted by atomic mass is 16.5. The third-order valence-electron chi connectivity index (χ3n) is 5.44.